The highest BCUT2D eigenvalue weighted by Gasteiger charge is 2.20. The second kappa shape index (κ2) is 11.3. The minimum absolute atomic E-state index is 0.0415. The van der Waals surface area contributed by atoms with Gasteiger partial charge in [-0.2, -0.15) is 5.10 Å². The monoisotopic (exact) mass is 604 g/mol. The molecular weight excluding hydrogens is 564 g/mol. The van der Waals surface area contributed by atoms with Gasteiger partial charge in [0, 0.05) is 40.4 Å². The Hall–Kier alpha value is -5.16. The molecule has 0 unspecified atom stereocenters. The smallest absolute Gasteiger partial charge is 0.137 e. The van der Waals surface area contributed by atoms with Gasteiger partial charge in [0.05, 0.1) is 22.4 Å². The molecule has 3 heterocycles. The first-order chi connectivity index (χ1) is 22.1. The van der Waals surface area contributed by atoms with Crippen LogP contribution in [0.3, 0.4) is 0 Å². The van der Waals surface area contributed by atoms with E-state index in [1.165, 1.54) is 27.5 Å². The Balaban J connectivity index is 1.32. The summed E-state index contributed by atoms with van der Waals surface area (Å²) in [6.45, 7) is 15.4. The lowest BCUT2D eigenvalue weighted by Gasteiger charge is -2.19. The van der Waals surface area contributed by atoms with E-state index in [9.17, 15) is 0 Å². The lowest BCUT2D eigenvalue weighted by Crippen LogP contribution is -2.10. The summed E-state index contributed by atoms with van der Waals surface area (Å²) in [6, 6.07) is 36.1. The van der Waals surface area contributed by atoms with Crippen molar-refractivity contribution in [1.29, 1.82) is 0 Å². The SMILES string of the molecule is Cc1nn(-c2cccc(Oc3ccc4c5cc(C(C)(C)C)ccc5n(-c5cc(C(C)C)ccn5)c4c3)c2)c(C)c1-c1ccccc1. The molecule has 46 heavy (non-hydrogen) atoms. The number of hydrogen-bond donors (Lipinski definition) is 0. The van der Waals surface area contributed by atoms with E-state index in [4.69, 9.17) is 14.8 Å². The normalized spacial score (nSPS) is 12.0. The molecule has 0 aliphatic heterocycles. The summed E-state index contributed by atoms with van der Waals surface area (Å²) < 4.78 is 10.8. The first-order valence-corrected chi connectivity index (χ1v) is 16.0. The van der Waals surface area contributed by atoms with Gasteiger partial charge in [0.1, 0.15) is 17.3 Å². The van der Waals surface area contributed by atoms with E-state index < -0.39 is 0 Å². The van der Waals surface area contributed by atoms with Gasteiger partial charge in [-0.05, 0) is 90.4 Å². The van der Waals surface area contributed by atoms with E-state index in [0.717, 1.165) is 51.0 Å². The molecule has 3 aromatic heterocycles. The van der Waals surface area contributed by atoms with Gasteiger partial charge in [-0.25, -0.2) is 9.67 Å². The minimum atomic E-state index is 0.0415. The van der Waals surface area contributed by atoms with Crippen LogP contribution in [0.25, 0.3) is 44.4 Å². The molecule has 4 aromatic carbocycles. The number of hydrogen-bond acceptors (Lipinski definition) is 3. The maximum atomic E-state index is 6.56. The van der Waals surface area contributed by atoms with Crippen molar-refractivity contribution in [1.82, 2.24) is 19.3 Å². The first-order valence-electron chi connectivity index (χ1n) is 16.0. The van der Waals surface area contributed by atoms with Crippen molar-refractivity contribution in [3.63, 3.8) is 0 Å². The fourth-order valence-corrected chi connectivity index (χ4v) is 6.42. The zero-order valence-electron chi connectivity index (χ0n) is 27.7. The van der Waals surface area contributed by atoms with Crippen LogP contribution in [-0.4, -0.2) is 19.3 Å². The molecular formula is C41H40N4O. The quantitative estimate of drug-likeness (QED) is 0.190. The third-order valence-corrected chi connectivity index (χ3v) is 8.92. The lowest BCUT2D eigenvalue weighted by atomic mass is 9.86. The van der Waals surface area contributed by atoms with Crippen LogP contribution < -0.4 is 4.74 Å². The Morgan fingerprint density at radius 3 is 2.26 bits per heavy atom. The number of pyridine rings is 1. The largest absolute Gasteiger partial charge is 0.457 e. The molecule has 0 radical (unpaired) electrons. The van der Waals surface area contributed by atoms with Crippen LogP contribution in [0, 0.1) is 13.8 Å². The van der Waals surface area contributed by atoms with Crippen LogP contribution in [0.1, 0.15) is 63.1 Å². The van der Waals surface area contributed by atoms with Crippen molar-refractivity contribution in [2.45, 2.75) is 59.8 Å². The topological polar surface area (TPSA) is 44.9 Å². The Morgan fingerprint density at radius 2 is 1.50 bits per heavy atom. The number of aryl methyl sites for hydroxylation is 1. The molecule has 0 fully saturated rings. The average Bonchev–Trinajstić information content (AvgIpc) is 3.53. The summed E-state index contributed by atoms with van der Waals surface area (Å²) >= 11 is 0. The third kappa shape index (κ3) is 5.26. The first kappa shape index (κ1) is 29.5. The van der Waals surface area contributed by atoms with Crippen molar-refractivity contribution in [2.24, 2.45) is 0 Å². The maximum absolute atomic E-state index is 6.56. The van der Waals surface area contributed by atoms with Gasteiger partial charge in [-0.15, -0.1) is 0 Å². The molecule has 0 saturated carbocycles. The predicted octanol–water partition coefficient (Wildman–Crippen LogP) is 10.9. The number of nitrogens with zero attached hydrogens (tertiary/aromatic N) is 4. The molecule has 7 rings (SSSR count). The number of ether oxygens (including phenoxy) is 1. The molecule has 0 N–H and O–H groups in total. The van der Waals surface area contributed by atoms with E-state index >= 15 is 0 Å². The van der Waals surface area contributed by atoms with Gasteiger partial charge < -0.3 is 4.74 Å². The van der Waals surface area contributed by atoms with Crippen LogP contribution >= 0.6 is 0 Å². The molecule has 0 aliphatic rings. The highest BCUT2D eigenvalue weighted by atomic mass is 16.5. The van der Waals surface area contributed by atoms with Crippen LogP contribution in [0.5, 0.6) is 11.5 Å². The molecule has 0 aliphatic carbocycles. The van der Waals surface area contributed by atoms with Crippen molar-refractivity contribution in [3.05, 3.63) is 132 Å². The van der Waals surface area contributed by atoms with E-state index in [0.29, 0.717) is 5.92 Å². The Kier molecular flexibility index (Phi) is 7.28. The Morgan fingerprint density at radius 1 is 0.717 bits per heavy atom. The fourth-order valence-electron chi connectivity index (χ4n) is 6.42. The maximum Gasteiger partial charge on any atom is 0.137 e. The second-order valence-corrected chi connectivity index (χ2v) is 13.5. The van der Waals surface area contributed by atoms with Crippen molar-refractivity contribution >= 4 is 21.8 Å². The molecule has 5 nitrogen and oxygen atoms in total. The molecule has 5 heteroatoms. The zero-order valence-corrected chi connectivity index (χ0v) is 27.7. The molecule has 0 amide bonds. The lowest BCUT2D eigenvalue weighted by molar-refractivity contribution is 0.482. The minimum Gasteiger partial charge on any atom is -0.457 e. The van der Waals surface area contributed by atoms with E-state index in [1.807, 2.05) is 29.1 Å². The van der Waals surface area contributed by atoms with Gasteiger partial charge in [-0.3, -0.25) is 4.57 Å². The van der Waals surface area contributed by atoms with Crippen molar-refractivity contribution < 1.29 is 4.74 Å². The van der Waals surface area contributed by atoms with Crippen LogP contribution in [0.4, 0.5) is 0 Å². The van der Waals surface area contributed by atoms with Gasteiger partial charge in [0.15, 0.2) is 0 Å². The van der Waals surface area contributed by atoms with E-state index in [-0.39, 0.29) is 5.41 Å². The molecule has 7 aromatic rings. The molecule has 0 saturated heterocycles. The number of benzene rings is 4. The van der Waals surface area contributed by atoms with E-state index in [2.05, 4.69) is 138 Å². The van der Waals surface area contributed by atoms with Crippen LogP contribution in [-0.2, 0) is 5.41 Å². The molecule has 0 bridgehead atoms. The van der Waals surface area contributed by atoms with Crippen molar-refractivity contribution in [2.75, 3.05) is 0 Å². The summed E-state index contributed by atoms with van der Waals surface area (Å²) in [5.74, 6) is 2.83. The van der Waals surface area contributed by atoms with Crippen molar-refractivity contribution in [3.8, 4) is 34.1 Å². The highest BCUT2D eigenvalue weighted by molar-refractivity contribution is 6.09. The summed E-state index contributed by atoms with van der Waals surface area (Å²) in [4.78, 5) is 4.85. The van der Waals surface area contributed by atoms with Gasteiger partial charge in [-0.1, -0.05) is 77.1 Å². The Labute approximate surface area is 271 Å². The number of fused-ring (bicyclic) bond motifs is 3. The second-order valence-electron chi connectivity index (χ2n) is 13.5. The summed E-state index contributed by atoms with van der Waals surface area (Å²) in [7, 11) is 0. The molecule has 0 atom stereocenters. The zero-order chi connectivity index (χ0) is 32.2. The number of rotatable bonds is 6. The van der Waals surface area contributed by atoms with E-state index in [1.54, 1.807) is 0 Å². The summed E-state index contributed by atoms with van der Waals surface area (Å²) in [6.07, 6.45) is 1.92. The van der Waals surface area contributed by atoms with Gasteiger partial charge in [0.2, 0.25) is 0 Å². The number of aromatic nitrogens is 4. The highest BCUT2D eigenvalue weighted by Crippen LogP contribution is 2.38. The Bertz CT molecular complexity index is 2210. The van der Waals surface area contributed by atoms with Gasteiger partial charge >= 0.3 is 0 Å². The standard InChI is InChI=1S/C41H40N4O/c1-26(2)30-20-21-42-39(22-30)44-37-19-16-31(41(5,6)7)23-36(37)35-18-17-34(25-38(35)44)46-33-15-11-14-32(24-33)45-28(4)40(27(3)43-45)29-12-9-8-10-13-29/h8-26H,1-7H3. The summed E-state index contributed by atoms with van der Waals surface area (Å²) in [5, 5.41) is 7.30. The third-order valence-electron chi connectivity index (χ3n) is 8.92. The average molecular weight is 605 g/mol. The van der Waals surface area contributed by atoms with Crippen LogP contribution in [0.2, 0.25) is 0 Å². The van der Waals surface area contributed by atoms with Gasteiger partial charge in [0.25, 0.3) is 0 Å². The molecule has 0 spiro atoms. The van der Waals surface area contributed by atoms with Crippen LogP contribution in [0.15, 0.2) is 109 Å². The predicted molar refractivity (Wildman–Crippen MR) is 190 cm³/mol. The molecule has 230 valence electrons. The summed E-state index contributed by atoms with van der Waals surface area (Å²) in [5.41, 5.74) is 10.2. The fraction of sp³-hybridized carbons (Fsp3) is 0.220.